The maximum Gasteiger partial charge on any atom is 0.254 e. The molecule has 0 spiro atoms. The lowest BCUT2D eigenvalue weighted by Crippen LogP contribution is -2.26. The fourth-order valence-electron chi connectivity index (χ4n) is 1.92. The molecule has 0 atom stereocenters. The molecule has 0 saturated carbocycles. The van der Waals surface area contributed by atoms with Gasteiger partial charge in [0.15, 0.2) is 0 Å². The van der Waals surface area contributed by atoms with Crippen molar-refractivity contribution in [2.45, 2.75) is 6.54 Å². The summed E-state index contributed by atoms with van der Waals surface area (Å²) in [6, 6.07) is 11.5. The molecule has 0 aliphatic rings. The van der Waals surface area contributed by atoms with Gasteiger partial charge in [-0.15, -0.1) is 0 Å². The van der Waals surface area contributed by atoms with Crippen molar-refractivity contribution < 1.29 is 15.0 Å². The first-order valence-corrected chi connectivity index (χ1v) is 6.78. The Labute approximate surface area is 125 Å². The zero-order valence-corrected chi connectivity index (χ0v) is 12.5. The van der Waals surface area contributed by atoms with Gasteiger partial charge in [-0.05, 0) is 29.8 Å². The van der Waals surface area contributed by atoms with Gasteiger partial charge in [-0.25, -0.2) is 0 Å². The number of amides is 1. The van der Waals surface area contributed by atoms with Crippen molar-refractivity contribution in [3.8, 4) is 11.5 Å². The fraction of sp³-hybridized carbons (Fsp3) is 0.133. The predicted octanol–water partition coefficient (Wildman–Crippen LogP) is 3.13. The topological polar surface area (TPSA) is 60.8 Å². The maximum absolute atomic E-state index is 12.2. The van der Waals surface area contributed by atoms with E-state index in [1.165, 1.54) is 23.1 Å². The van der Waals surface area contributed by atoms with Gasteiger partial charge in [-0.2, -0.15) is 0 Å². The van der Waals surface area contributed by atoms with E-state index in [0.29, 0.717) is 6.54 Å². The molecular formula is C15H14BrNO3. The first kappa shape index (κ1) is 14.4. The van der Waals surface area contributed by atoms with E-state index in [1.807, 2.05) is 24.3 Å². The van der Waals surface area contributed by atoms with Crippen LogP contribution in [0.25, 0.3) is 0 Å². The van der Waals surface area contributed by atoms with Crippen LogP contribution in [0.2, 0.25) is 0 Å². The van der Waals surface area contributed by atoms with E-state index in [-0.39, 0.29) is 23.0 Å². The van der Waals surface area contributed by atoms with Crippen LogP contribution in [0.1, 0.15) is 15.9 Å². The molecule has 0 heterocycles. The third kappa shape index (κ3) is 3.51. The third-order valence-electron chi connectivity index (χ3n) is 2.80. The first-order chi connectivity index (χ1) is 9.45. The largest absolute Gasteiger partial charge is 0.508 e. The van der Waals surface area contributed by atoms with E-state index in [4.69, 9.17) is 0 Å². The van der Waals surface area contributed by atoms with E-state index in [2.05, 4.69) is 15.9 Å². The molecule has 0 aliphatic heterocycles. The average molecular weight is 336 g/mol. The molecule has 104 valence electrons. The van der Waals surface area contributed by atoms with Crippen molar-refractivity contribution in [2.75, 3.05) is 7.05 Å². The molecule has 0 unspecified atom stereocenters. The van der Waals surface area contributed by atoms with Gasteiger partial charge in [0.2, 0.25) is 0 Å². The summed E-state index contributed by atoms with van der Waals surface area (Å²) in [7, 11) is 1.67. The number of benzene rings is 2. The second-order valence-electron chi connectivity index (χ2n) is 4.53. The highest BCUT2D eigenvalue weighted by atomic mass is 79.9. The molecule has 1 amide bonds. The number of rotatable bonds is 3. The van der Waals surface area contributed by atoms with Gasteiger partial charge in [0.25, 0.3) is 5.91 Å². The Bertz CT molecular complexity index is 623. The van der Waals surface area contributed by atoms with Gasteiger partial charge in [0.05, 0.1) is 0 Å². The Morgan fingerprint density at radius 1 is 1.15 bits per heavy atom. The lowest BCUT2D eigenvalue weighted by molar-refractivity contribution is 0.0784. The van der Waals surface area contributed by atoms with E-state index in [0.717, 1.165) is 10.0 Å². The van der Waals surface area contributed by atoms with Gasteiger partial charge in [0.1, 0.15) is 11.5 Å². The van der Waals surface area contributed by atoms with Crippen molar-refractivity contribution in [3.63, 3.8) is 0 Å². The number of halogens is 1. The molecule has 0 aliphatic carbocycles. The second kappa shape index (κ2) is 5.96. The fourth-order valence-corrected chi connectivity index (χ4v) is 2.37. The third-order valence-corrected chi connectivity index (χ3v) is 3.30. The molecule has 4 nitrogen and oxygen atoms in total. The van der Waals surface area contributed by atoms with Crippen molar-refractivity contribution in [1.29, 1.82) is 0 Å². The smallest absolute Gasteiger partial charge is 0.254 e. The number of phenols is 2. The quantitative estimate of drug-likeness (QED) is 0.905. The molecule has 2 aromatic rings. The number of carbonyl (C=O) groups is 1. The van der Waals surface area contributed by atoms with Crippen LogP contribution in [0.3, 0.4) is 0 Å². The van der Waals surface area contributed by atoms with Crippen LogP contribution in [-0.4, -0.2) is 28.1 Å². The van der Waals surface area contributed by atoms with Gasteiger partial charge in [-0.1, -0.05) is 28.1 Å². The molecule has 0 saturated heterocycles. The highest BCUT2D eigenvalue weighted by molar-refractivity contribution is 9.10. The monoisotopic (exact) mass is 335 g/mol. The van der Waals surface area contributed by atoms with Crippen LogP contribution < -0.4 is 0 Å². The zero-order chi connectivity index (χ0) is 14.7. The number of nitrogens with zero attached hydrogens (tertiary/aromatic N) is 1. The highest BCUT2D eigenvalue weighted by Crippen LogP contribution is 2.22. The molecule has 0 fully saturated rings. The summed E-state index contributed by atoms with van der Waals surface area (Å²) < 4.78 is 0.950. The molecule has 20 heavy (non-hydrogen) atoms. The Morgan fingerprint density at radius 3 is 2.40 bits per heavy atom. The summed E-state index contributed by atoms with van der Waals surface area (Å²) in [5.74, 6) is -0.537. The molecule has 0 bridgehead atoms. The van der Waals surface area contributed by atoms with Crippen LogP contribution in [0, 0.1) is 0 Å². The number of phenolic OH excluding ortho intramolecular Hbond substituents is 2. The molecule has 0 aromatic heterocycles. The number of hydrogen-bond acceptors (Lipinski definition) is 3. The van der Waals surface area contributed by atoms with E-state index < -0.39 is 0 Å². The molecule has 2 rings (SSSR count). The second-order valence-corrected chi connectivity index (χ2v) is 5.44. The SMILES string of the molecule is CN(Cc1cccc(Br)c1)C(=O)c1cc(O)cc(O)c1. The molecular weight excluding hydrogens is 322 g/mol. The van der Waals surface area contributed by atoms with Gasteiger partial charge >= 0.3 is 0 Å². The molecule has 0 radical (unpaired) electrons. The van der Waals surface area contributed by atoms with Gasteiger partial charge in [0, 0.05) is 29.7 Å². The summed E-state index contributed by atoms with van der Waals surface area (Å²) in [5.41, 5.74) is 1.24. The first-order valence-electron chi connectivity index (χ1n) is 5.98. The highest BCUT2D eigenvalue weighted by Gasteiger charge is 2.14. The molecule has 2 aromatic carbocycles. The summed E-state index contributed by atoms with van der Waals surface area (Å²) in [6.45, 7) is 0.439. The zero-order valence-electron chi connectivity index (χ0n) is 10.9. The van der Waals surface area contributed by atoms with Crippen molar-refractivity contribution in [2.24, 2.45) is 0 Å². The summed E-state index contributed by atoms with van der Waals surface area (Å²) in [5, 5.41) is 18.8. The summed E-state index contributed by atoms with van der Waals surface area (Å²) >= 11 is 3.38. The minimum Gasteiger partial charge on any atom is -0.508 e. The van der Waals surface area contributed by atoms with Crippen LogP contribution in [0.4, 0.5) is 0 Å². The Hall–Kier alpha value is -2.01. The van der Waals surface area contributed by atoms with Crippen molar-refractivity contribution >= 4 is 21.8 Å². The summed E-state index contributed by atoms with van der Waals surface area (Å²) in [4.78, 5) is 13.8. The number of hydrogen-bond donors (Lipinski definition) is 2. The lowest BCUT2D eigenvalue weighted by atomic mass is 10.1. The Balaban J connectivity index is 2.16. The van der Waals surface area contributed by atoms with Gasteiger partial charge in [-0.3, -0.25) is 4.79 Å². The number of carbonyl (C=O) groups excluding carboxylic acids is 1. The Kier molecular flexibility index (Phi) is 4.29. The predicted molar refractivity (Wildman–Crippen MR) is 79.7 cm³/mol. The normalized spacial score (nSPS) is 10.3. The van der Waals surface area contributed by atoms with Crippen LogP contribution in [-0.2, 0) is 6.54 Å². The lowest BCUT2D eigenvalue weighted by Gasteiger charge is -2.17. The van der Waals surface area contributed by atoms with Crippen LogP contribution >= 0.6 is 15.9 Å². The van der Waals surface area contributed by atoms with Crippen molar-refractivity contribution in [3.05, 3.63) is 58.1 Å². The molecule has 2 N–H and O–H groups in total. The maximum atomic E-state index is 12.2. The van der Waals surface area contributed by atoms with Crippen LogP contribution in [0.15, 0.2) is 46.9 Å². The number of aromatic hydroxyl groups is 2. The minimum atomic E-state index is -0.267. The standard InChI is InChI=1S/C15H14BrNO3/c1-17(9-10-3-2-4-12(16)5-10)15(20)11-6-13(18)8-14(19)7-11/h2-8,18-19H,9H2,1H3. The van der Waals surface area contributed by atoms with E-state index in [9.17, 15) is 15.0 Å². The molecule has 5 heteroatoms. The Morgan fingerprint density at radius 2 is 1.80 bits per heavy atom. The average Bonchev–Trinajstić information content (AvgIpc) is 2.36. The van der Waals surface area contributed by atoms with Crippen molar-refractivity contribution in [1.82, 2.24) is 4.90 Å². The minimum absolute atomic E-state index is 0.135. The van der Waals surface area contributed by atoms with E-state index >= 15 is 0 Å². The summed E-state index contributed by atoms with van der Waals surface area (Å²) in [6.07, 6.45) is 0. The van der Waals surface area contributed by atoms with E-state index in [1.54, 1.807) is 7.05 Å². The van der Waals surface area contributed by atoms with Gasteiger partial charge < -0.3 is 15.1 Å². The van der Waals surface area contributed by atoms with Crippen LogP contribution in [0.5, 0.6) is 11.5 Å².